The fraction of sp³-hybridized carbons (Fsp3) is 0.927. The van der Waals surface area contributed by atoms with Crippen LogP contribution < -0.4 is 5.32 Å². The molecule has 1 rings (SSSR count). The maximum absolute atomic E-state index is 12.5. The number of alkyl carbamates (subject to hydrolysis) is 1. The van der Waals surface area contributed by atoms with Gasteiger partial charge in [-0.1, -0.05) is 168 Å². The third kappa shape index (κ3) is 28.8. The average molecular weight is 713 g/mol. The summed E-state index contributed by atoms with van der Waals surface area (Å²) in [6, 6.07) is -0.120. The lowest BCUT2D eigenvalue weighted by molar-refractivity contribution is -0.152. The lowest BCUT2D eigenvalue weighted by Crippen LogP contribution is -2.60. The molecular formula is C41H77FN2O6. The number of hydrogen-bond acceptors (Lipinski definition) is 7. The summed E-state index contributed by atoms with van der Waals surface area (Å²) in [5, 5.41) is 2.76. The van der Waals surface area contributed by atoms with E-state index < -0.39 is 18.9 Å². The molecule has 0 radical (unpaired) electrons. The van der Waals surface area contributed by atoms with E-state index in [4.69, 9.17) is 14.2 Å². The van der Waals surface area contributed by atoms with Gasteiger partial charge in [0.05, 0.1) is 6.04 Å². The molecular weight excluding hydrogens is 635 g/mol. The summed E-state index contributed by atoms with van der Waals surface area (Å²) in [5.41, 5.74) is 0. The predicted molar refractivity (Wildman–Crippen MR) is 202 cm³/mol. The van der Waals surface area contributed by atoms with E-state index in [0.717, 1.165) is 38.5 Å². The van der Waals surface area contributed by atoms with Crippen molar-refractivity contribution < 1.29 is 33.0 Å². The maximum Gasteiger partial charge on any atom is 0.407 e. The number of carbonyl (C=O) groups excluding carboxylic acids is 3. The first-order valence-electron chi connectivity index (χ1n) is 21.0. The van der Waals surface area contributed by atoms with Crippen LogP contribution in [-0.4, -0.2) is 74.6 Å². The molecule has 1 heterocycles. The molecule has 1 amide bonds. The van der Waals surface area contributed by atoms with Gasteiger partial charge in [0, 0.05) is 32.5 Å². The highest BCUT2D eigenvalue weighted by molar-refractivity contribution is 5.70. The van der Waals surface area contributed by atoms with Gasteiger partial charge < -0.3 is 19.5 Å². The zero-order valence-electron chi connectivity index (χ0n) is 32.5. The van der Waals surface area contributed by atoms with Crippen molar-refractivity contribution in [3.05, 3.63) is 0 Å². The van der Waals surface area contributed by atoms with Gasteiger partial charge in [0.2, 0.25) is 0 Å². The lowest BCUT2D eigenvalue weighted by Gasteiger charge is -2.38. The van der Waals surface area contributed by atoms with Gasteiger partial charge in [-0.3, -0.25) is 14.5 Å². The molecule has 0 atom stereocenters. The number of nitrogens with zero attached hydrogens (tertiary/aromatic N) is 1. The summed E-state index contributed by atoms with van der Waals surface area (Å²) >= 11 is 0. The number of alkyl halides is 1. The monoisotopic (exact) mass is 713 g/mol. The minimum Gasteiger partial charge on any atom is -0.462 e. The Hall–Kier alpha value is -1.90. The lowest BCUT2D eigenvalue weighted by atomic mass is 10.0. The van der Waals surface area contributed by atoms with Crippen LogP contribution in [0.15, 0.2) is 0 Å². The highest BCUT2D eigenvalue weighted by Gasteiger charge is 2.29. The molecule has 0 spiro atoms. The van der Waals surface area contributed by atoms with E-state index in [2.05, 4.69) is 19.2 Å². The number of hydrogen-bond donors (Lipinski definition) is 1. The maximum atomic E-state index is 12.5. The van der Waals surface area contributed by atoms with Crippen molar-refractivity contribution in [2.24, 2.45) is 0 Å². The quantitative estimate of drug-likeness (QED) is 0.0392. The number of halogens is 1. The molecule has 9 heteroatoms. The van der Waals surface area contributed by atoms with Gasteiger partial charge >= 0.3 is 18.0 Å². The van der Waals surface area contributed by atoms with Crippen molar-refractivity contribution in [1.29, 1.82) is 0 Å². The number of rotatable bonds is 36. The minimum absolute atomic E-state index is 0.120. The highest BCUT2D eigenvalue weighted by Crippen LogP contribution is 2.15. The SMILES string of the molecule is CCCCCCCCCCCCCCCC(=O)OCC(COC(=O)CCCCCCCCCCCCCCC)OC(=O)NC1CN(CCF)C1. The summed E-state index contributed by atoms with van der Waals surface area (Å²) in [6.07, 6.45) is 31.3. The Kier molecular flexibility index (Phi) is 31.5. The summed E-state index contributed by atoms with van der Waals surface area (Å²) in [4.78, 5) is 39.3. The second kappa shape index (κ2) is 34.2. The van der Waals surface area contributed by atoms with Gasteiger partial charge in [0.1, 0.15) is 19.9 Å². The van der Waals surface area contributed by atoms with Crippen LogP contribution in [0.5, 0.6) is 0 Å². The smallest absolute Gasteiger partial charge is 0.407 e. The van der Waals surface area contributed by atoms with Gasteiger partial charge in [-0.15, -0.1) is 0 Å². The normalized spacial score (nSPS) is 13.4. The molecule has 1 aliphatic rings. The third-order valence-electron chi connectivity index (χ3n) is 9.78. The van der Waals surface area contributed by atoms with Crippen LogP contribution in [-0.2, 0) is 23.8 Å². The van der Waals surface area contributed by atoms with Crippen LogP contribution in [0.1, 0.15) is 194 Å². The van der Waals surface area contributed by atoms with E-state index in [1.165, 1.54) is 128 Å². The first kappa shape index (κ1) is 46.1. The van der Waals surface area contributed by atoms with Crippen molar-refractivity contribution in [3.8, 4) is 0 Å². The van der Waals surface area contributed by atoms with E-state index >= 15 is 0 Å². The molecule has 294 valence electrons. The van der Waals surface area contributed by atoms with Crippen LogP contribution in [0.25, 0.3) is 0 Å². The molecule has 0 saturated carbocycles. The fourth-order valence-electron chi connectivity index (χ4n) is 6.52. The average Bonchev–Trinajstić information content (AvgIpc) is 3.09. The molecule has 1 aliphatic heterocycles. The van der Waals surface area contributed by atoms with Gasteiger partial charge in [-0.25, -0.2) is 9.18 Å². The Balaban J connectivity index is 2.22. The summed E-state index contributed by atoms with van der Waals surface area (Å²) in [5.74, 6) is -0.664. The van der Waals surface area contributed by atoms with Gasteiger partial charge in [-0.05, 0) is 12.8 Å². The van der Waals surface area contributed by atoms with Gasteiger partial charge in [0.25, 0.3) is 0 Å². The van der Waals surface area contributed by atoms with Gasteiger partial charge in [-0.2, -0.15) is 0 Å². The number of nitrogens with one attached hydrogen (secondary N) is 1. The van der Waals surface area contributed by atoms with Crippen LogP contribution in [0.2, 0.25) is 0 Å². The Morgan fingerprint density at radius 2 is 0.920 bits per heavy atom. The van der Waals surface area contributed by atoms with Crippen LogP contribution in [0.4, 0.5) is 9.18 Å². The molecule has 0 bridgehead atoms. The molecule has 0 aromatic heterocycles. The zero-order valence-corrected chi connectivity index (χ0v) is 32.5. The fourth-order valence-corrected chi connectivity index (χ4v) is 6.52. The summed E-state index contributed by atoms with van der Waals surface area (Å²) < 4.78 is 28.9. The number of likely N-dealkylation sites (tertiary alicyclic amines) is 1. The molecule has 8 nitrogen and oxygen atoms in total. The number of carbonyl (C=O) groups is 3. The molecule has 0 unspecified atom stereocenters. The van der Waals surface area contributed by atoms with Crippen molar-refractivity contribution in [2.45, 2.75) is 206 Å². The Labute approximate surface area is 306 Å². The number of ether oxygens (including phenoxy) is 3. The van der Waals surface area contributed by atoms with E-state index in [1.54, 1.807) is 0 Å². The predicted octanol–water partition coefficient (Wildman–Crippen LogP) is 10.8. The van der Waals surface area contributed by atoms with E-state index in [0.29, 0.717) is 32.5 Å². The van der Waals surface area contributed by atoms with E-state index in [9.17, 15) is 18.8 Å². The van der Waals surface area contributed by atoms with Crippen LogP contribution in [0, 0.1) is 0 Å². The second-order valence-corrected chi connectivity index (χ2v) is 14.7. The number of esters is 2. The number of amides is 1. The topological polar surface area (TPSA) is 94.2 Å². The first-order chi connectivity index (χ1) is 24.5. The largest absolute Gasteiger partial charge is 0.462 e. The molecule has 0 aliphatic carbocycles. The highest BCUT2D eigenvalue weighted by atomic mass is 19.1. The Bertz CT molecular complexity index is 764. The van der Waals surface area contributed by atoms with E-state index in [-0.39, 0.29) is 31.2 Å². The molecule has 1 N–H and O–H groups in total. The second-order valence-electron chi connectivity index (χ2n) is 14.7. The molecule has 0 aromatic rings. The van der Waals surface area contributed by atoms with Crippen molar-refractivity contribution in [3.63, 3.8) is 0 Å². The zero-order chi connectivity index (χ0) is 36.3. The van der Waals surface area contributed by atoms with Crippen molar-refractivity contribution in [1.82, 2.24) is 10.2 Å². The minimum atomic E-state index is -0.886. The number of unbranched alkanes of at least 4 members (excludes halogenated alkanes) is 24. The third-order valence-corrected chi connectivity index (χ3v) is 9.78. The van der Waals surface area contributed by atoms with E-state index in [1.807, 2.05) is 4.90 Å². The Morgan fingerprint density at radius 3 is 1.26 bits per heavy atom. The first-order valence-corrected chi connectivity index (χ1v) is 21.0. The molecule has 50 heavy (non-hydrogen) atoms. The van der Waals surface area contributed by atoms with Gasteiger partial charge in [0.15, 0.2) is 6.10 Å². The molecule has 1 saturated heterocycles. The summed E-state index contributed by atoms with van der Waals surface area (Å²) in [6.45, 7) is 5.24. The Morgan fingerprint density at radius 1 is 0.580 bits per heavy atom. The van der Waals surface area contributed by atoms with Crippen LogP contribution >= 0.6 is 0 Å². The van der Waals surface area contributed by atoms with Crippen molar-refractivity contribution >= 4 is 18.0 Å². The molecule has 1 fully saturated rings. The summed E-state index contributed by atoms with van der Waals surface area (Å²) in [7, 11) is 0. The van der Waals surface area contributed by atoms with Crippen LogP contribution in [0.3, 0.4) is 0 Å². The van der Waals surface area contributed by atoms with Crippen molar-refractivity contribution in [2.75, 3.05) is 39.5 Å². The standard InChI is InChI=1S/C41H77FN2O6/c1-3-5-7-9-11-13-15-17-19-21-23-25-27-29-39(45)48-35-38(50-41(47)43-37-33-44(34-37)32-31-42)36-49-40(46)30-28-26-24-22-20-18-16-14-12-10-8-6-4-2/h37-38H,3-36H2,1-2H3,(H,43,47). The molecule has 0 aromatic carbocycles.